The summed E-state index contributed by atoms with van der Waals surface area (Å²) in [6.07, 6.45) is 15.1. The van der Waals surface area contributed by atoms with Crippen molar-refractivity contribution in [2.24, 2.45) is 11.8 Å². The van der Waals surface area contributed by atoms with Crippen molar-refractivity contribution < 1.29 is 8.78 Å². The van der Waals surface area contributed by atoms with Gasteiger partial charge >= 0.3 is 0 Å². The summed E-state index contributed by atoms with van der Waals surface area (Å²) in [6.45, 7) is 4.11. The molecule has 0 amide bonds. The van der Waals surface area contributed by atoms with E-state index in [0.717, 1.165) is 29.4 Å². The Balaban J connectivity index is 1.31. The Morgan fingerprint density at radius 1 is 0.806 bits per heavy atom. The maximum Gasteiger partial charge on any atom is 0.129 e. The Morgan fingerprint density at radius 2 is 1.42 bits per heavy atom. The molecule has 3 aromatic rings. The number of hydrogen-bond donors (Lipinski definition) is 0. The quantitative estimate of drug-likeness (QED) is 0.250. The molecule has 1 aliphatic rings. The molecule has 1 saturated carbocycles. The first-order valence-corrected chi connectivity index (χ1v) is 13.8. The second kappa shape index (κ2) is 13.0. The van der Waals surface area contributed by atoms with Gasteiger partial charge in [-0.3, -0.25) is 0 Å². The van der Waals surface area contributed by atoms with E-state index >= 15 is 0 Å². The molecule has 3 aromatic carbocycles. The molecule has 4 rings (SSSR count). The first-order chi connectivity index (χ1) is 17.5. The molecule has 1 atom stereocenters. The Labute approximate surface area is 216 Å². The first-order valence-electron chi connectivity index (χ1n) is 13.8. The molecule has 2 heteroatoms. The molecular formula is C34H40F2. The Morgan fingerprint density at radius 3 is 2.03 bits per heavy atom. The average molecular weight is 487 g/mol. The van der Waals surface area contributed by atoms with Gasteiger partial charge in [0.05, 0.1) is 0 Å². The zero-order chi connectivity index (χ0) is 25.3. The molecule has 1 fully saturated rings. The number of rotatable bonds is 10. The van der Waals surface area contributed by atoms with Crippen molar-refractivity contribution in [3.05, 3.63) is 107 Å². The van der Waals surface area contributed by atoms with Gasteiger partial charge in [0.15, 0.2) is 0 Å². The second-order valence-corrected chi connectivity index (χ2v) is 10.7. The van der Waals surface area contributed by atoms with Crippen LogP contribution in [0, 0.1) is 23.5 Å². The number of allylic oxidation sites excluding steroid dienone is 2. The standard InChI is InChI=1S/C34H40F2/c1-3-4-6-9-26-12-14-27(15-13-26)16-17-28-18-20-30(21-19-28)31-23-33(35)32(34(36)24-31)22-25(2)29-10-7-5-8-11-29/h3-5,7-8,10-11,18-21,23-27H,6,9,12-17,22H2,1-2H3/b4-3+/t25-,26?,27?/m0/s1. The monoisotopic (exact) mass is 486 g/mol. The van der Waals surface area contributed by atoms with Crippen LogP contribution in [0.2, 0.25) is 0 Å². The van der Waals surface area contributed by atoms with Crippen LogP contribution in [0.4, 0.5) is 8.78 Å². The zero-order valence-corrected chi connectivity index (χ0v) is 21.9. The second-order valence-electron chi connectivity index (χ2n) is 10.7. The van der Waals surface area contributed by atoms with Crippen LogP contribution in [0.1, 0.15) is 81.4 Å². The molecule has 190 valence electrons. The lowest BCUT2D eigenvalue weighted by Crippen LogP contribution is -2.15. The smallest absolute Gasteiger partial charge is 0.129 e. The highest BCUT2D eigenvalue weighted by Gasteiger charge is 2.20. The van der Waals surface area contributed by atoms with E-state index in [1.54, 1.807) is 0 Å². The molecule has 0 radical (unpaired) electrons. The molecule has 0 N–H and O–H groups in total. The fourth-order valence-electron chi connectivity index (χ4n) is 5.71. The van der Waals surface area contributed by atoms with E-state index in [9.17, 15) is 8.78 Å². The predicted octanol–water partition coefficient (Wildman–Crippen LogP) is 10.1. The molecule has 0 unspecified atom stereocenters. The van der Waals surface area contributed by atoms with Gasteiger partial charge in [-0.05, 0) is 91.2 Å². The van der Waals surface area contributed by atoms with Crippen LogP contribution >= 0.6 is 0 Å². The summed E-state index contributed by atoms with van der Waals surface area (Å²) in [4.78, 5) is 0. The highest BCUT2D eigenvalue weighted by atomic mass is 19.1. The minimum absolute atomic E-state index is 0.0496. The van der Waals surface area contributed by atoms with Crippen molar-refractivity contribution >= 4 is 0 Å². The highest BCUT2D eigenvalue weighted by Crippen LogP contribution is 2.34. The highest BCUT2D eigenvalue weighted by molar-refractivity contribution is 5.64. The Hall–Kier alpha value is -2.74. The summed E-state index contributed by atoms with van der Waals surface area (Å²) >= 11 is 0. The van der Waals surface area contributed by atoms with Gasteiger partial charge < -0.3 is 0 Å². The van der Waals surface area contributed by atoms with Gasteiger partial charge in [-0.25, -0.2) is 8.78 Å². The summed E-state index contributed by atoms with van der Waals surface area (Å²) < 4.78 is 29.9. The van der Waals surface area contributed by atoms with Gasteiger partial charge in [-0.1, -0.05) is 99.4 Å². The van der Waals surface area contributed by atoms with E-state index in [2.05, 4.69) is 31.2 Å². The SMILES string of the molecule is C/C=C/CCC1CCC(CCc2ccc(-c3cc(F)c(C[C@H](C)c4ccccc4)c(F)c3)cc2)CC1. The van der Waals surface area contributed by atoms with Gasteiger partial charge in [-0.15, -0.1) is 0 Å². The molecular weight excluding hydrogens is 446 g/mol. The number of aryl methyl sites for hydroxylation is 1. The lowest BCUT2D eigenvalue weighted by atomic mass is 9.78. The fourth-order valence-corrected chi connectivity index (χ4v) is 5.71. The van der Waals surface area contributed by atoms with E-state index in [-0.39, 0.29) is 11.5 Å². The molecule has 0 aromatic heterocycles. The molecule has 1 aliphatic carbocycles. The van der Waals surface area contributed by atoms with Crippen molar-refractivity contribution in [2.75, 3.05) is 0 Å². The van der Waals surface area contributed by atoms with Gasteiger partial charge in [0.1, 0.15) is 11.6 Å². The van der Waals surface area contributed by atoms with Crippen LogP contribution in [0.15, 0.2) is 78.9 Å². The minimum atomic E-state index is -0.460. The number of halogens is 2. The lowest BCUT2D eigenvalue weighted by Gasteiger charge is -2.28. The zero-order valence-electron chi connectivity index (χ0n) is 21.9. The summed E-state index contributed by atoms with van der Waals surface area (Å²) in [5, 5.41) is 0. The summed E-state index contributed by atoms with van der Waals surface area (Å²) in [5.74, 6) is 0.868. The summed E-state index contributed by atoms with van der Waals surface area (Å²) in [5.41, 5.74) is 4.03. The van der Waals surface area contributed by atoms with Gasteiger partial charge in [0.2, 0.25) is 0 Å². The van der Waals surface area contributed by atoms with Crippen molar-refractivity contribution in [3.63, 3.8) is 0 Å². The van der Waals surface area contributed by atoms with Crippen LogP contribution in [-0.4, -0.2) is 0 Å². The molecule has 0 saturated heterocycles. The van der Waals surface area contributed by atoms with Crippen molar-refractivity contribution in [1.29, 1.82) is 0 Å². The third-order valence-corrected chi connectivity index (χ3v) is 8.09. The Bertz CT molecular complexity index is 1080. The average Bonchev–Trinajstić information content (AvgIpc) is 2.91. The molecule has 0 nitrogen and oxygen atoms in total. The maximum absolute atomic E-state index is 14.9. The van der Waals surface area contributed by atoms with E-state index in [4.69, 9.17) is 0 Å². The van der Waals surface area contributed by atoms with Crippen molar-refractivity contribution in [3.8, 4) is 11.1 Å². The van der Waals surface area contributed by atoms with Crippen molar-refractivity contribution in [1.82, 2.24) is 0 Å². The third-order valence-electron chi connectivity index (χ3n) is 8.09. The van der Waals surface area contributed by atoms with Crippen LogP contribution in [-0.2, 0) is 12.8 Å². The largest absolute Gasteiger partial charge is 0.207 e. The van der Waals surface area contributed by atoms with Crippen LogP contribution in [0.3, 0.4) is 0 Å². The normalized spacial score (nSPS) is 19.0. The van der Waals surface area contributed by atoms with Crippen molar-refractivity contribution in [2.45, 2.75) is 77.6 Å². The molecule has 0 aliphatic heterocycles. The van der Waals surface area contributed by atoms with E-state index < -0.39 is 11.6 Å². The van der Waals surface area contributed by atoms with E-state index in [1.807, 2.05) is 49.4 Å². The molecule has 0 heterocycles. The molecule has 0 bridgehead atoms. The van der Waals surface area contributed by atoms with Crippen LogP contribution < -0.4 is 0 Å². The minimum Gasteiger partial charge on any atom is -0.207 e. The lowest BCUT2D eigenvalue weighted by molar-refractivity contribution is 0.254. The fraction of sp³-hybridized carbons (Fsp3) is 0.412. The predicted molar refractivity (Wildman–Crippen MR) is 148 cm³/mol. The van der Waals surface area contributed by atoms with E-state index in [0.29, 0.717) is 12.0 Å². The first kappa shape index (κ1) is 26.3. The summed E-state index contributed by atoms with van der Waals surface area (Å²) in [7, 11) is 0. The van der Waals surface area contributed by atoms with Crippen LogP contribution in [0.25, 0.3) is 11.1 Å². The third kappa shape index (κ3) is 7.15. The number of benzene rings is 3. The summed E-state index contributed by atoms with van der Waals surface area (Å²) in [6, 6.07) is 21.1. The van der Waals surface area contributed by atoms with E-state index in [1.165, 1.54) is 62.6 Å². The van der Waals surface area contributed by atoms with Crippen LogP contribution in [0.5, 0.6) is 0 Å². The number of hydrogen-bond acceptors (Lipinski definition) is 0. The maximum atomic E-state index is 14.9. The van der Waals surface area contributed by atoms with Gasteiger partial charge in [0.25, 0.3) is 0 Å². The van der Waals surface area contributed by atoms with Gasteiger partial charge in [0, 0.05) is 5.56 Å². The topological polar surface area (TPSA) is 0 Å². The Kier molecular flexibility index (Phi) is 9.50. The molecule has 0 spiro atoms. The molecule has 36 heavy (non-hydrogen) atoms. The van der Waals surface area contributed by atoms with Gasteiger partial charge in [-0.2, -0.15) is 0 Å².